The van der Waals surface area contributed by atoms with E-state index in [2.05, 4.69) is 0 Å². The molecule has 1 aliphatic heterocycles. The SMILES string of the molecule is Cc1ccc([C@@H](C)C(=O)N2C(=O)OC[C@@H]2c2ccccc2)cc1. The van der Waals surface area contributed by atoms with Crippen molar-refractivity contribution < 1.29 is 14.3 Å². The maximum Gasteiger partial charge on any atom is 0.417 e. The van der Waals surface area contributed by atoms with Crippen molar-refractivity contribution in [1.82, 2.24) is 4.90 Å². The molecule has 1 fully saturated rings. The van der Waals surface area contributed by atoms with Crippen molar-refractivity contribution in [2.45, 2.75) is 25.8 Å². The summed E-state index contributed by atoms with van der Waals surface area (Å²) in [6, 6.07) is 16.9. The monoisotopic (exact) mass is 309 g/mol. The normalized spacial score (nSPS) is 18.6. The van der Waals surface area contributed by atoms with Gasteiger partial charge in [0.05, 0.1) is 5.92 Å². The molecular weight excluding hydrogens is 290 g/mol. The van der Waals surface area contributed by atoms with Crippen LogP contribution >= 0.6 is 0 Å². The van der Waals surface area contributed by atoms with Crippen molar-refractivity contribution in [2.24, 2.45) is 0 Å². The number of aryl methyl sites for hydroxylation is 1. The molecule has 1 heterocycles. The van der Waals surface area contributed by atoms with E-state index in [0.29, 0.717) is 0 Å². The Hall–Kier alpha value is -2.62. The second-order valence-electron chi connectivity index (χ2n) is 5.84. The fourth-order valence-corrected chi connectivity index (χ4v) is 2.79. The minimum absolute atomic E-state index is 0.204. The van der Waals surface area contributed by atoms with Crippen LogP contribution in [0.1, 0.15) is 35.6 Å². The third-order valence-electron chi connectivity index (χ3n) is 4.24. The smallest absolute Gasteiger partial charge is 0.417 e. The molecule has 118 valence electrons. The summed E-state index contributed by atoms with van der Waals surface area (Å²) in [5.41, 5.74) is 2.94. The van der Waals surface area contributed by atoms with Gasteiger partial charge in [-0.25, -0.2) is 9.69 Å². The van der Waals surface area contributed by atoms with Gasteiger partial charge in [0.15, 0.2) is 0 Å². The van der Waals surface area contributed by atoms with E-state index in [1.165, 1.54) is 4.90 Å². The van der Waals surface area contributed by atoms with Crippen molar-refractivity contribution in [2.75, 3.05) is 6.61 Å². The molecule has 1 saturated heterocycles. The zero-order chi connectivity index (χ0) is 16.4. The lowest BCUT2D eigenvalue weighted by molar-refractivity contribution is -0.130. The molecule has 0 radical (unpaired) electrons. The maximum absolute atomic E-state index is 12.8. The number of rotatable bonds is 3. The molecule has 2 aromatic carbocycles. The summed E-state index contributed by atoms with van der Waals surface area (Å²) in [7, 11) is 0. The number of carbonyl (C=O) groups is 2. The van der Waals surface area contributed by atoms with Crippen molar-refractivity contribution in [3.63, 3.8) is 0 Å². The third kappa shape index (κ3) is 2.97. The van der Waals surface area contributed by atoms with E-state index in [0.717, 1.165) is 16.7 Å². The second kappa shape index (κ2) is 6.24. The second-order valence-corrected chi connectivity index (χ2v) is 5.84. The van der Waals surface area contributed by atoms with E-state index in [1.807, 2.05) is 68.4 Å². The first kappa shape index (κ1) is 15.3. The van der Waals surface area contributed by atoms with Crippen LogP contribution in [0.4, 0.5) is 4.79 Å². The van der Waals surface area contributed by atoms with E-state index >= 15 is 0 Å². The van der Waals surface area contributed by atoms with Crippen molar-refractivity contribution in [1.29, 1.82) is 0 Å². The minimum atomic E-state index is -0.567. The molecule has 0 spiro atoms. The van der Waals surface area contributed by atoms with Crippen LogP contribution in [0.5, 0.6) is 0 Å². The largest absolute Gasteiger partial charge is 0.446 e. The Bertz CT molecular complexity index is 709. The third-order valence-corrected chi connectivity index (χ3v) is 4.24. The quantitative estimate of drug-likeness (QED) is 0.866. The minimum Gasteiger partial charge on any atom is -0.446 e. The van der Waals surface area contributed by atoms with Crippen LogP contribution in [0.15, 0.2) is 54.6 Å². The lowest BCUT2D eigenvalue weighted by Gasteiger charge is -2.23. The van der Waals surface area contributed by atoms with Crippen LogP contribution in [-0.4, -0.2) is 23.5 Å². The molecule has 3 rings (SSSR count). The van der Waals surface area contributed by atoms with E-state index in [1.54, 1.807) is 0 Å². The molecule has 0 bridgehead atoms. The molecule has 0 N–H and O–H groups in total. The number of nitrogens with zero attached hydrogens (tertiary/aromatic N) is 1. The summed E-state index contributed by atoms with van der Waals surface area (Å²) in [5.74, 6) is -0.627. The fourth-order valence-electron chi connectivity index (χ4n) is 2.79. The number of hydrogen-bond donors (Lipinski definition) is 0. The molecule has 0 unspecified atom stereocenters. The number of hydrogen-bond acceptors (Lipinski definition) is 3. The predicted octanol–water partition coefficient (Wildman–Crippen LogP) is 3.82. The average Bonchev–Trinajstić information content (AvgIpc) is 2.96. The van der Waals surface area contributed by atoms with Crippen LogP contribution in [0.2, 0.25) is 0 Å². The van der Waals surface area contributed by atoms with Crippen molar-refractivity contribution in [3.05, 3.63) is 71.3 Å². The summed E-state index contributed by atoms with van der Waals surface area (Å²) in [6.07, 6.45) is -0.567. The Morgan fingerprint density at radius 1 is 1.13 bits per heavy atom. The summed E-state index contributed by atoms with van der Waals surface area (Å²) in [6.45, 7) is 4.02. The standard InChI is InChI=1S/C19H19NO3/c1-13-8-10-15(11-9-13)14(2)18(21)20-17(12-23-19(20)22)16-6-4-3-5-7-16/h3-11,14,17H,12H2,1-2H3/t14-,17-/m1/s1. The van der Waals surface area contributed by atoms with Gasteiger partial charge in [-0.05, 0) is 25.0 Å². The van der Waals surface area contributed by atoms with Gasteiger partial charge in [0.2, 0.25) is 5.91 Å². The van der Waals surface area contributed by atoms with Crippen LogP contribution in [0, 0.1) is 6.92 Å². The van der Waals surface area contributed by atoms with Gasteiger partial charge in [-0.15, -0.1) is 0 Å². The number of ether oxygens (including phenoxy) is 1. The molecule has 1 aliphatic rings. The van der Waals surface area contributed by atoms with Crippen LogP contribution in [0.3, 0.4) is 0 Å². The summed E-state index contributed by atoms with van der Waals surface area (Å²) in [5, 5.41) is 0. The molecular formula is C19H19NO3. The first-order valence-corrected chi connectivity index (χ1v) is 7.69. The maximum atomic E-state index is 12.8. The topological polar surface area (TPSA) is 46.6 Å². The molecule has 4 heteroatoms. The van der Waals surface area contributed by atoms with Gasteiger partial charge >= 0.3 is 6.09 Å². The van der Waals surface area contributed by atoms with E-state index in [9.17, 15) is 9.59 Å². The molecule has 4 nitrogen and oxygen atoms in total. The van der Waals surface area contributed by atoms with E-state index < -0.39 is 12.0 Å². The summed E-state index contributed by atoms with van der Waals surface area (Å²) in [4.78, 5) is 26.2. The highest BCUT2D eigenvalue weighted by molar-refractivity contribution is 5.97. The Balaban J connectivity index is 1.87. The van der Waals surface area contributed by atoms with E-state index in [4.69, 9.17) is 4.74 Å². The number of amides is 2. The Kier molecular flexibility index (Phi) is 4.15. The predicted molar refractivity (Wildman–Crippen MR) is 87.0 cm³/mol. The zero-order valence-electron chi connectivity index (χ0n) is 13.2. The lowest BCUT2D eigenvalue weighted by atomic mass is 9.97. The van der Waals surface area contributed by atoms with Gasteiger partial charge in [0, 0.05) is 0 Å². The van der Waals surface area contributed by atoms with Crippen molar-refractivity contribution >= 4 is 12.0 Å². The highest BCUT2D eigenvalue weighted by Gasteiger charge is 2.40. The van der Waals surface area contributed by atoms with Crippen LogP contribution in [-0.2, 0) is 9.53 Å². The molecule has 2 aromatic rings. The van der Waals surface area contributed by atoms with Gasteiger partial charge in [0.1, 0.15) is 12.6 Å². The molecule has 0 aromatic heterocycles. The van der Waals surface area contributed by atoms with Gasteiger partial charge in [-0.1, -0.05) is 60.2 Å². The Morgan fingerprint density at radius 3 is 2.43 bits per heavy atom. The number of imide groups is 1. The highest BCUT2D eigenvalue weighted by Crippen LogP contribution is 2.31. The number of carbonyl (C=O) groups excluding carboxylic acids is 2. The first-order valence-electron chi connectivity index (χ1n) is 7.69. The molecule has 2 atom stereocenters. The average molecular weight is 309 g/mol. The lowest BCUT2D eigenvalue weighted by Crippen LogP contribution is -2.37. The fraction of sp³-hybridized carbons (Fsp3) is 0.263. The van der Waals surface area contributed by atoms with Gasteiger partial charge < -0.3 is 4.74 Å². The summed E-state index contributed by atoms with van der Waals surface area (Å²) < 4.78 is 5.12. The van der Waals surface area contributed by atoms with Gasteiger partial charge in [-0.3, -0.25) is 4.79 Å². The highest BCUT2D eigenvalue weighted by atomic mass is 16.6. The Morgan fingerprint density at radius 2 is 1.78 bits per heavy atom. The molecule has 2 amide bonds. The molecule has 0 aliphatic carbocycles. The van der Waals surface area contributed by atoms with Gasteiger partial charge in [0.25, 0.3) is 0 Å². The Labute approximate surface area is 135 Å². The molecule has 0 saturated carbocycles. The molecule has 23 heavy (non-hydrogen) atoms. The van der Waals surface area contributed by atoms with Gasteiger partial charge in [-0.2, -0.15) is 0 Å². The number of cyclic esters (lactones) is 1. The van der Waals surface area contributed by atoms with Crippen LogP contribution < -0.4 is 0 Å². The van der Waals surface area contributed by atoms with Crippen molar-refractivity contribution in [3.8, 4) is 0 Å². The van der Waals surface area contributed by atoms with E-state index in [-0.39, 0.29) is 18.6 Å². The first-order chi connectivity index (χ1) is 11.1. The zero-order valence-corrected chi connectivity index (χ0v) is 13.2. The van der Waals surface area contributed by atoms with Crippen LogP contribution in [0.25, 0.3) is 0 Å². The summed E-state index contributed by atoms with van der Waals surface area (Å²) >= 11 is 0. The number of benzene rings is 2.